The number of aromatic nitrogens is 1. The molecule has 4 N–H and O–H groups in total. The van der Waals surface area contributed by atoms with Gasteiger partial charge >= 0.3 is 6.09 Å². The largest absolute Gasteiger partial charge is 0.465 e. The molecular weight excluding hydrogens is 480 g/mol. The Bertz CT molecular complexity index is 1260. The molecule has 7 nitrogen and oxygen atoms in total. The second-order valence-electron chi connectivity index (χ2n) is 8.16. The summed E-state index contributed by atoms with van der Waals surface area (Å²) in [6.45, 7) is 0. The monoisotopic (exact) mass is 506 g/mol. The summed E-state index contributed by atoms with van der Waals surface area (Å²) < 4.78 is 0. The molecule has 0 bridgehead atoms. The van der Waals surface area contributed by atoms with E-state index in [4.69, 9.17) is 10.7 Å². The first-order chi connectivity index (χ1) is 16.9. The Morgan fingerprint density at radius 3 is 2.37 bits per heavy atom. The van der Waals surface area contributed by atoms with Gasteiger partial charge in [-0.05, 0) is 41.1 Å². The van der Waals surface area contributed by atoms with E-state index in [1.54, 1.807) is 23.3 Å². The van der Waals surface area contributed by atoms with Gasteiger partial charge in [0.05, 0.1) is 16.6 Å². The summed E-state index contributed by atoms with van der Waals surface area (Å²) in [5.41, 5.74) is 9.16. The Morgan fingerprint density at radius 2 is 1.71 bits per heavy atom. The molecule has 35 heavy (non-hydrogen) atoms. The molecule has 180 valence electrons. The minimum Gasteiger partial charge on any atom is -0.465 e. The number of likely N-dealkylation sites (N-methyl/N-ethyl adjacent to an activating group) is 1. The van der Waals surface area contributed by atoms with Crippen molar-refractivity contribution >= 4 is 40.4 Å². The number of nitrogens with one attached hydrogen (secondary N) is 1. The van der Waals surface area contributed by atoms with Crippen LogP contribution < -0.4 is 11.1 Å². The van der Waals surface area contributed by atoms with Crippen LogP contribution in [0.3, 0.4) is 0 Å². The number of thiophene rings is 1. The maximum absolute atomic E-state index is 13.6. The van der Waals surface area contributed by atoms with E-state index in [-0.39, 0.29) is 18.4 Å². The van der Waals surface area contributed by atoms with Gasteiger partial charge in [0.2, 0.25) is 5.91 Å². The molecule has 0 radical (unpaired) electrons. The average Bonchev–Trinajstić information content (AvgIpc) is 3.55. The zero-order valence-corrected chi connectivity index (χ0v) is 20.8. The molecule has 2 aromatic carbocycles. The first kappa shape index (κ1) is 24.4. The van der Waals surface area contributed by atoms with Crippen molar-refractivity contribution < 1.29 is 14.7 Å². The first-order valence-corrected chi connectivity index (χ1v) is 12.8. The van der Waals surface area contributed by atoms with Gasteiger partial charge in [0, 0.05) is 24.5 Å². The molecule has 2 heterocycles. The van der Waals surface area contributed by atoms with Crippen LogP contribution in [-0.2, 0) is 17.6 Å². The normalized spacial score (nSPS) is 12.6. The standard InChI is InChI=1S/C26H26N4O3S2/c1-30(25(31)20(29-26(32)33)14-17-6-3-2-4-7-17)22(15-18-9-11-19(27)12-10-18)21-16-35-24(28-21)23-8-5-13-34-23/h2-13,16,20,22,29H,14-15,27H2,1H3,(H,32,33)/t20-,22-/m0/s1. The van der Waals surface area contributed by atoms with Crippen molar-refractivity contribution in [3.05, 3.63) is 94.3 Å². The van der Waals surface area contributed by atoms with E-state index in [1.807, 2.05) is 77.5 Å². The van der Waals surface area contributed by atoms with Gasteiger partial charge in [-0.3, -0.25) is 4.79 Å². The van der Waals surface area contributed by atoms with Crippen molar-refractivity contribution in [2.24, 2.45) is 0 Å². The minimum atomic E-state index is -1.24. The minimum absolute atomic E-state index is 0.252. The highest BCUT2D eigenvalue weighted by Gasteiger charge is 2.31. The first-order valence-electron chi connectivity index (χ1n) is 11.0. The van der Waals surface area contributed by atoms with E-state index in [9.17, 15) is 14.7 Å². The van der Waals surface area contributed by atoms with Gasteiger partial charge in [0.15, 0.2) is 0 Å². The van der Waals surface area contributed by atoms with Crippen LogP contribution in [-0.4, -0.2) is 40.1 Å². The van der Waals surface area contributed by atoms with Crippen molar-refractivity contribution in [3.63, 3.8) is 0 Å². The average molecular weight is 507 g/mol. The number of carbonyl (C=O) groups excluding carboxylic acids is 1. The molecule has 4 aromatic rings. The molecule has 0 aliphatic rings. The van der Waals surface area contributed by atoms with Crippen molar-refractivity contribution in [3.8, 4) is 9.88 Å². The van der Waals surface area contributed by atoms with E-state index in [0.29, 0.717) is 12.1 Å². The summed E-state index contributed by atoms with van der Waals surface area (Å²) in [7, 11) is 1.70. The fourth-order valence-electron chi connectivity index (χ4n) is 3.87. The van der Waals surface area contributed by atoms with Crippen molar-refractivity contribution in [2.45, 2.75) is 24.9 Å². The van der Waals surface area contributed by atoms with Crippen LogP contribution in [0, 0.1) is 0 Å². The Balaban J connectivity index is 1.64. The summed E-state index contributed by atoms with van der Waals surface area (Å²) >= 11 is 3.14. The molecule has 0 saturated carbocycles. The fourth-order valence-corrected chi connectivity index (χ4v) is 5.55. The lowest BCUT2D eigenvalue weighted by molar-refractivity contribution is -0.134. The molecule has 0 fully saturated rings. The summed E-state index contributed by atoms with van der Waals surface area (Å²) in [6.07, 6.45) is -0.472. The summed E-state index contributed by atoms with van der Waals surface area (Å²) in [5.74, 6) is -0.317. The van der Waals surface area contributed by atoms with E-state index >= 15 is 0 Å². The molecule has 2 atom stereocenters. The highest BCUT2D eigenvalue weighted by Crippen LogP contribution is 2.33. The molecular formula is C26H26N4O3S2. The van der Waals surface area contributed by atoms with Gasteiger partial charge in [-0.1, -0.05) is 48.5 Å². The number of benzene rings is 2. The molecule has 4 rings (SSSR count). The number of hydrogen-bond acceptors (Lipinski definition) is 6. The van der Waals surface area contributed by atoms with Crippen molar-refractivity contribution in [1.82, 2.24) is 15.2 Å². The summed E-state index contributed by atoms with van der Waals surface area (Å²) in [5, 5.41) is 16.7. The van der Waals surface area contributed by atoms with Crippen LogP contribution in [0.1, 0.15) is 22.9 Å². The third-order valence-electron chi connectivity index (χ3n) is 5.70. The maximum Gasteiger partial charge on any atom is 0.405 e. The number of hydrogen-bond donors (Lipinski definition) is 3. The van der Waals surface area contributed by atoms with Gasteiger partial charge in [-0.2, -0.15) is 0 Å². The number of thiazole rings is 1. The van der Waals surface area contributed by atoms with Crippen LogP contribution in [0.15, 0.2) is 77.5 Å². The predicted octanol–water partition coefficient (Wildman–Crippen LogP) is 5.07. The van der Waals surface area contributed by atoms with Gasteiger partial charge in [0.25, 0.3) is 0 Å². The number of carboxylic acid groups (broad SMARTS) is 1. The van der Waals surface area contributed by atoms with Gasteiger partial charge < -0.3 is 21.1 Å². The quantitative estimate of drug-likeness (QED) is 0.275. The Kier molecular flexibility index (Phi) is 7.79. The van der Waals surface area contributed by atoms with Crippen molar-refractivity contribution in [2.75, 3.05) is 12.8 Å². The van der Waals surface area contributed by atoms with Crippen LogP contribution >= 0.6 is 22.7 Å². The number of nitrogens with zero attached hydrogens (tertiary/aromatic N) is 2. The van der Waals surface area contributed by atoms with E-state index in [2.05, 4.69) is 5.32 Å². The van der Waals surface area contributed by atoms with Gasteiger partial charge in [0.1, 0.15) is 11.0 Å². The SMILES string of the molecule is CN(C(=O)[C@H](Cc1ccccc1)NC(=O)O)[C@@H](Cc1ccc(N)cc1)c1csc(-c2cccs2)n1. The maximum atomic E-state index is 13.6. The zero-order valence-electron chi connectivity index (χ0n) is 19.1. The molecule has 0 saturated heterocycles. The number of nitrogens with two attached hydrogens (primary N) is 1. The van der Waals surface area contributed by atoms with Crippen LogP contribution in [0.25, 0.3) is 9.88 Å². The number of nitrogen functional groups attached to an aromatic ring is 1. The molecule has 2 aromatic heterocycles. The second kappa shape index (κ2) is 11.2. The Morgan fingerprint density at radius 1 is 1.00 bits per heavy atom. The second-order valence-corrected chi connectivity index (χ2v) is 9.96. The van der Waals surface area contributed by atoms with E-state index < -0.39 is 12.1 Å². The molecule has 9 heteroatoms. The third-order valence-corrected chi connectivity index (χ3v) is 7.60. The predicted molar refractivity (Wildman–Crippen MR) is 141 cm³/mol. The topological polar surface area (TPSA) is 109 Å². The smallest absolute Gasteiger partial charge is 0.405 e. The van der Waals surface area contributed by atoms with Crippen LogP contribution in [0.4, 0.5) is 10.5 Å². The Labute approximate surface area is 211 Å². The number of anilines is 1. The highest BCUT2D eigenvalue weighted by atomic mass is 32.1. The molecule has 0 unspecified atom stereocenters. The highest BCUT2D eigenvalue weighted by molar-refractivity contribution is 7.20. The van der Waals surface area contributed by atoms with Gasteiger partial charge in [-0.25, -0.2) is 9.78 Å². The lowest BCUT2D eigenvalue weighted by Gasteiger charge is -2.31. The van der Waals surface area contributed by atoms with E-state index in [1.165, 1.54) is 11.3 Å². The number of amides is 2. The van der Waals surface area contributed by atoms with Crippen LogP contribution in [0.5, 0.6) is 0 Å². The Hall–Kier alpha value is -3.69. The number of carbonyl (C=O) groups is 2. The molecule has 0 aliphatic heterocycles. The van der Waals surface area contributed by atoms with Crippen molar-refractivity contribution in [1.29, 1.82) is 0 Å². The third kappa shape index (κ3) is 6.26. The van der Waals surface area contributed by atoms with E-state index in [0.717, 1.165) is 26.7 Å². The summed E-state index contributed by atoms with van der Waals surface area (Å²) in [6, 6.07) is 19.6. The molecule has 2 amide bonds. The van der Waals surface area contributed by atoms with Crippen LogP contribution in [0.2, 0.25) is 0 Å². The lowest BCUT2D eigenvalue weighted by Crippen LogP contribution is -2.49. The molecule has 0 aliphatic carbocycles. The fraction of sp³-hybridized carbons (Fsp3) is 0.192. The lowest BCUT2D eigenvalue weighted by atomic mass is 10.00. The zero-order chi connectivity index (χ0) is 24.8. The number of rotatable bonds is 9. The summed E-state index contributed by atoms with van der Waals surface area (Å²) in [4.78, 5) is 32.7. The molecule has 0 spiro atoms. The van der Waals surface area contributed by atoms with Gasteiger partial charge in [-0.15, -0.1) is 22.7 Å².